The van der Waals surface area contributed by atoms with Crippen molar-refractivity contribution in [2.75, 3.05) is 39.7 Å². The molecule has 0 spiro atoms. The molecule has 0 bridgehead atoms. The Bertz CT molecular complexity index is 1190. The van der Waals surface area contributed by atoms with Crippen molar-refractivity contribution in [1.29, 1.82) is 0 Å². The van der Waals surface area contributed by atoms with Gasteiger partial charge < -0.3 is 24.1 Å². The molecule has 8 nitrogen and oxygen atoms in total. The maximum atomic E-state index is 12.5. The average Bonchev–Trinajstić information content (AvgIpc) is 3.09. The number of carbonyl (C=O) groups is 1. The van der Waals surface area contributed by atoms with E-state index in [1.165, 1.54) is 6.08 Å². The summed E-state index contributed by atoms with van der Waals surface area (Å²) in [5.74, 6) is 0.979. The SMILES string of the molecule is COc1cc(/C=C/C(=O)Nc2ccc3oc(=O)n(CCN(C)C)c3c2)ccc1OCC(C)C. The third kappa shape index (κ3) is 6.49. The molecule has 8 heteroatoms. The van der Waals surface area contributed by atoms with Gasteiger partial charge in [-0.2, -0.15) is 0 Å². The van der Waals surface area contributed by atoms with E-state index < -0.39 is 5.76 Å². The van der Waals surface area contributed by atoms with E-state index in [9.17, 15) is 9.59 Å². The van der Waals surface area contributed by atoms with Crippen LogP contribution in [0.25, 0.3) is 17.2 Å². The van der Waals surface area contributed by atoms with Gasteiger partial charge in [-0.05, 0) is 62.0 Å². The molecular weight excluding hydrogens is 422 g/mol. The van der Waals surface area contributed by atoms with Crippen molar-refractivity contribution >= 4 is 28.8 Å². The maximum Gasteiger partial charge on any atom is 0.419 e. The molecule has 0 radical (unpaired) electrons. The number of rotatable bonds is 10. The van der Waals surface area contributed by atoms with Gasteiger partial charge in [0, 0.05) is 24.9 Å². The zero-order chi connectivity index (χ0) is 24.0. The van der Waals surface area contributed by atoms with Crippen LogP contribution in [0.2, 0.25) is 0 Å². The van der Waals surface area contributed by atoms with E-state index in [0.717, 1.165) is 5.56 Å². The van der Waals surface area contributed by atoms with E-state index in [0.29, 0.717) is 53.9 Å². The molecule has 3 rings (SSSR count). The molecule has 1 N–H and O–H groups in total. The Morgan fingerprint density at radius 2 is 1.97 bits per heavy atom. The van der Waals surface area contributed by atoms with Gasteiger partial charge >= 0.3 is 5.76 Å². The van der Waals surface area contributed by atoms with Crippen molar-refractivity contribution in [3.8, 4) is 11.5 Å². The number of aromatic nitrogens is 1. The summed E-state index contributed by atoms with van der Waals surface area (Å²) in [5, 5.41) is 2.83. The second kappa shape index (κ2) is 10.9. The third-order valence-electron chi connectivity index (χ3n) is 4.89. The zero-order valence-corrected chi connectivity index (χ0v) is 19.8. The van der Waals surface area contributed by atoms with E-state index in [4.69, 9.17) is 13.9 Å². The molecule has 2 aromatic carbocycles. The Balaban J connectivity index is 1.71. The monoisotopic (exact) mass is 453 g/mol. The van der Waals surface area contributed by atoms with Gasteiger partial charge in [-0.1, -0.05) is 19.9 Å². The summed E-state index contributed by atoms with van der Waals surface area (Å²) >= 11 is 0. The summed E-state index contributed by atoms with van der Waals surface area (Å²) in [7, 11) is 5.46. The van der Waals surface area contributed by atoms with Crippen molar-refractivity contribution in [2.24, 2.45) is 5.92 Å². The lowest BCUT2D eigenvalue weighted by Gasteiger charge is -2.12. The van der Waals surface area contributed by atoms with Crippen LogP contribution in [0.5, 0.6) is 11.5 Å². The first-order valence-electron chi connectivity index (χ1n) is 10.8. The van der Waals surface area contributed by atoms with E-state index in [1.807, 2.05) is 37.2 Å². The van der Waals surface area contributed by atoms with Crippen LogP contribution in [0.15, 0.2) is 51.7 Å². The Hall–Kier alpha value is -3.52. The third-order valence-corrected chi connectivity index (χ3v) is 4.89. The number of nitrogens with one attached hydrogen (secondary N) is 1. The quantitative estimate of drug-likeness (QED) is 0.469. The number of likely N-dealkylation sites (N-methyl/N-ethyl adjacent to an activating group) is 1. The summed E-state index contributed by atoms with van der Waals surface area (Å²) in [5.41, 5.74) is 2.51. The van der Waals surface area contributed by atoms with Crippen molar-refractivity contribution in [2.45, 2.75) is 20.4 Å². The van der Waals surface area contributed by atoms with E-state index >= 15 is 0 Å². The van der Waals surface area contributed by atoms with Crippen LogP contribution in [-0.4, -0.2) is 49.7 Å². The van der Waals surface area contributed by atoms with Gasteiger partial charge in [0.1, 0.15) is 0 Å². The van der Waals surface area contributed by atoms with E-state index in [1.54, 1.807) is 36.0 Å². The second-order valence-corrected chi connectivity index (χ2v) is 8.44. The predicted molar refractivity (Wildman–Crippen MR) is 130 cm³/mol. The minimum Gasteiger partial charge on any atom is -0.493 e. The van der Waals surface area contributed by atoms with Gasteiger partial charge in [0.2, 0.25) is 5.91 Å². The lowest BCUT2D eigenvalue weighted by molar-refractivity contribution is -0.111. The number of hydrogen-bond donors (Lipinski definition) is 1. The Kier molecular flexibility index (Phi) is 7.95. The minimum atomic E-state index is -0.412. The zero-order valence-electron chi connectivity index (χ0n) is 19.8. The molecule has 33 heavy (non-hydrogen) atoms. The number of nitrogens with zero attached hydrogens (tertiary/aromatic N) is 2. The lowest BCUT2D eigenvalue weighted by atomic mass is 10.2. The number of benzene rings is 2. The summed E-state index contributed by atoms with van der Waals surface area (Å²) in [6.07, 6.45) is 3.15. The molecular formula is C25H31N3O5. The van der Waals surface area contributed by atoms with Crippen LogP contribution >= 0.6 is 0 Å². The van der Waals surface area contributed by atoms with Gasteiger partial charge in [0.15, 0.2) is 17.1 Å². The number of hydrogen-bond acceptors (Lipinski definition) is 6. The van der Waals surface area contributed by atoms with Gasteiger partial charge in [-0.15, -0.1) is 0 Å². The molecule has 0 aliphatic heterocycles. The largest absolute Gasteiger partial charge is 0.493 e. The smallest absolute Gasteiger partial charge is 0.419 e. The topological polar surface area (TPSA) is 85.9 Å². The predicted octanol–water partition coefficient (Wildman–Crippen LogP) is 3.85. The lowest BCUT2D eigenvalue weighted by Crippen LogP contribution is -2.23. The Labute approximate surface area is 193 Å². The molecule has 1 amide bonds. The van der Waals surface area contributed by atoms with Crippen LogP contribution in [0.3, 0.4) is 0 Å². The number of amides is 1. The highest BCUT2D eigenvalue weighted by molar-refractivity contribution is 6.02. The highest BCUT2D eigenvalue weighted by Gasteiger charge is 2.11. The highest BCUT2D eigenvalue weighted by Crippen LogP contribution is 2.29. The maximum absolute atomic E-state index is 12.5. The average molecular weight is 454 g/mol. The van der Waals surface area contributed by atoms with E-state index in [2.05, 4.69) is 19.2 Å². The molecule has 0 aliphatic carbocycles. The Morgan fingerprint density at radius 3 is 2.67 bits per heavy atom. The molecule has 176 valence electrons. The molecule has 1 heterocycles. The van der Waals surface area contributed by atoms with Crippen LogP contribution in [0, 0.1) is 5.92 Å². The van der Waals surface area contributed by atoms with E-state index in [-0.39, 0.29) is 5.91 Å². The van der Waals surface area contributed by atoms with Crippen LogP contribution < -0.4 is 20.5 Å². The minimum absolute atomic E-state index is 0.292. The van der Waals surface area contributed by atoms with Crippen molar-refractivity contribution in [3.05, 3.63) is 58.6 Å². The van der Waals surface area contributed by atoms with Gasteiger partial charge in [0.05, 0.1) is 19.2 Å². The summed E-state index contributed by atoms with van der Waals surface area (Å²) < 4.78 is 18.0. The van der Waals surface area contributed by atoms with Gasteiger partial charge in [-0.25, -0.2) is 4.79 Å². The van der Waals surface area contributed by atoms with Crippen molar-refractivity contribution in [3.63, 3.8) is 0 Å². The molecule has 0 saturated carbocycles. The first kappa shape index (κ1) is 24.1. The fourth-order valence-corrected chi connectivity index (χ4v) is 3.17. The fourth-order valence-electron chi connectivity index (χ4n) is 3.17. The molecule has 0 aliphatic rings. The van der Waals surface area contributed by atoms with Gasteiger partial charge in [0.25, 0.3) is 0 Å². The summed E-state index contributed by atoms with van der Waals surface area (Å²) in [6.45, 7) is 5.94. The number of anilines is 1. The van der Waals surface area contributed by atoms with Crippen molar-refractivity contribution < 1.29 is 18.7 Å². The highest BCUT2D eigenvalue weighted by atomic mass is 16.5. The van der Waals surface area contributed by atoms with Crippen molar-refractivity contribution in [1.82, 2.24) is 9.47 Å². The standard InChI is InChI=1S/C25H31N3O5/c1-17(2)16-32-22-9-6-18(14-23(22)31-5)7-11-24(29)26-19-8-10-21-20(15-19)28(25(30)33-21)13-12-27(3)4/h6-11,14-15,17H,12-13,16H2,1-5H3,(H,26,29)/b11-7+. The van der Waals surface area contributed by atoms with Crippen LogP contribution in [-0.2, 0) is 11.3 Å². The number of oxazole rings is 1. The number of ether oxygens (including phenoxy) is 2. The number of fused-ring (bicyclic) bond motifs is 1. The molecule has 0 fully saturated rings. The summed E-state index contributed by atoms with van der Waals surface area (Å²) in [6, 6.07) is 10.6. The number of methoxy groups -OCH3 is 1. The number of carbonyl (C=O) groups excluding carboxylic acids is 1. The Morgan fingerprint density at radius 1 is 1.18 bits per heavy atom. The molecule has 0 saturated heterocycles. The normalized spacial score (nSPS) is 11.6. The first-order chi connectivity index (χ1) is 15.8. The summed E-state index contributed by atoms with van der Waals surface area (Å²) in [4.78, 5) is 26.6. The molecule has 1 aromatic heterocycles. The molecule has 0 unspecified atom stereocenters. The van der Waals surface area contributed by atoms with Crippen LogP contribution in [0.4, 0.5) is 5.69 Å². The van der Waals surface area contributed by atoms with Gasteiger partial charge in [-0.3, -0.25) is 9.36 Å². The molecule has 0 atom stereocenters. The second-order valence-electron chi connectivity index (χ2n) is 8.44. The van der Waals surface area contributed by atoms with Crippen LogP contribution in [0.1, 0.15) is 19.4 Å². The fraction of sp³-hybridized carbons (Fsp3) is 0.360. The molecule has 3 aromatic rings. The first-order valence-corrected chi connectivity index (χ1v) is 10.8.